The van der Waals surface area contributed by atoms with Crippen molar-refractivity contribution in [1.29, 1.82) is 0 Å². The molecule has 0 aliphatic rings. The minimum atomic E-state index is -3.98. The average molecular weight is 492 g/mol. The second kappa shape index (κ2) is 14.6. The molecule has 3 rings (SSSR count). The number of carbonyl (C=O) groups is 1. The summed E-state index contributed by atoms with van der Waals surface area (Å²) in [7, 11) is -5.99. The van der Waals surface area contributed by atoms with Gasteiger partial charge in [-0.1, -0.05) is 54.6 Å². The minimum Gasteiger partial charge on any atom is -0.481 e. The number of aliphatic hydroxyl groups excluding tert-OH is 1. The third-order valence-electron chi connectivity index (χ3n) is 4.49. The summed E-state index contributed by atoms with van der Waals surface area (Å²) in [5.41, 5.74) is 0. The molecule has 0 aliphatic carbocycles. The third-order valence-corrected chi connectivity index (χ3v) is 9.82. The molecule has 3 aromatic carbocycles. The standard InChI is InChI=1S/C21H21O3PS.C2H4O2.C2H6O/c22-26(23,24)18-10-17-25(19-11-4-1-5-12-19,20-13-6-2-7-14-20)21-15-8-3-9-16-21;1-2(3)4;1-2-3/h1-9,11-16H,10,17-18H2;1H3,(H,3,4);3H,2H2,1H3/p+1. The first-order valence-corrected chi connectivity index (χ1v) is 14.1. The predicted octanol–water partition coefficient (Wildman–Crippen LogP) is 3.35. The van der Waals surface area contributed by atoms with Gasteiger partial charge in [0.25, 0.3) is 16.1 Å². The van der Waals surface area contributed by atoms with E-state index in [0.29, 0.717) is 12.6 Å². The maximum Gasteiger partial charge on any atom is 0.300 e. The summed E-state index contributed by atoms with van der Waals surface area (Å²) in [5.74, 6) is -1.05. The van der Waals surface area contributed by atoms with E-state index in [1.54, 1.807) is 6.92 Å². The third kappa shape index (κ3) is 9.84. The molecule has 0 aliphatic heterocycles. The Morgan fingerprint density at radius 3 is 1.30 bits per heavy atom. The van der Waals surface area contributed by atoms with Gasteiger partial charge in [0.05, 0.1) is 11.9 Å². The van der Waals surface area contributed by atoms with Crippen LogP contribution in [0.1, 0.15) is 20.3 Å². The number of benzene rings is 3. The van der Waals surface area contributed by atoms with Gasteiger partial charge in [-0.3, -0.25) is 9.35 Å². The van der Waals surface area contributed by atoms with Crippen molar-refractivity contribution in [2.75, 3.05) is 18.5 Å². The summed E-state index contributed by atoms with van der Waals surface area (Å²) in [6.45, 7) is 3.01. The van der Waals surface area contributed by atoms with Crippen LogP contribution in [0.3, 0.4) is 0 Å². The molecule has 0 saturated carbocycles. The zero-order valence-corrected chi connectivity index (χ0v) is 20.6. The molecule has 0 fully saturated rings. The lowest BCUT2D eigenvalue weighted by Crippen LogP contribution is -2.33. The van der Waals surface area contributed by atoms with E-state index >= 15 is 0 Å². The predicted molar refractivity (Wildman–Crippen MR) is 137 cm³/mol. The van der Waals surface area contributed by atoms with Crippen LogP contribution in [-0.2, 0) is 14.9 Å². The van der Waals surface area contributed by atoms with Crippen LogP contribution in [-0.4, -0.2) is 47.7 Å². The van der Waals surface area contributed by atoms with E-state index in [9.17, 15) is 13.0 Å². The Morgan fingerprint density at radius 1 is 0.788 bits per heavy atom. The van der Waals surface area contributed by atoms with E-state index in [1.807, 2.05) is 54.6 Å². The molecule has 0 bridgehead atoms. The second-order valence-electron chi connectivity index (χ2n) is 7.01. The highest BCUT2D eigenvalue weighted by molar-refractivity contribution is 7.95. The number of rotatable bonds is 7. The van der Waals surface area contributed by atoms with Crippen molar-refractivity contribution in [3.8, 4) is 0 Å². The summed E-state index contributed by atoms with van der Waals surface area (Å²) in [6, 6.07) is 30.9. The van der Waals surface area contributed by atoms with Crippen molar-refractivity contribution >= 4 is 39.3 Å². The number of aliphatic hydroxyl groups is 1. The van der Waals surface area contributed by atoms with Crippen molar-refractivity contribution in [2.24, 2.45) is 0 Å². The van der Waals surface area contributed by atoms with Gasteiger partial charge in [-0.25, -0.2) is 0 Å². The largest absolute Gasteiger partial charge is 0.481 e. The molecule has 0 heterocycles. The molecule has 0 amide bonds. The first-order valence-electron chi connectivity index (χ1n) is 10.5. The van der Waals surface area contributed by atoms with Gasteiger partial charge >= 0.3 is 0 Å². The number of hydrogen-bond donors (Lipinski definition) is 3. The molecule has 3 N–H and O–H groups in total. The van der Waals surface area contributed by atoms with Crippen LogP contribution in [0.2, 0.25) is 0 Å². The monoisotopic (exact) mass is 491 g/mol. The van der Waals surface area contributed by atoms with Crippen molar-refractivity contribution in [3.63, 3.8) is 0 Å². The molecule has 33 heavy (non-hydrogen) atoms. The number of carboxylic acid groups (broad SMARTS) is 1. The van der Waals surface area contributed by atoms with Crippen LogP contribution in [0.4, 0.5) is 0 Å². The molecule has 6 nitrogen and oxygen atoms in total. The molecule has 0 radical (unpaired) electrons. The fourth-order valence-electron chi connectivity index (χ4n) is 3.37. The Hall–Kier alpha value is -2.57. The normalized spacial score (nSPS) is 10.8. The maximum absolute atomic E-state index is 11.3. The quantitative estimate of drug-likeness (QED) is 0.345. The fraction of sp³-hybridized carbons (Fsp3) is 0.240. The summed E-state index contributed by atoms with van der Waals surface area (Å²) < 4.78 is 31.8. The summed E-state index contributed by atoms with van der Waals surface area (Å²) >= 11 is 0. The SMILES string of the molecule is CC(=O)O.CCO.O=S(=O)(O)CCC[P+](c1ccccc1)(c1ccccc1)c1ccccc1. The summed E-state index contributed by atoms with van der Waals surface area (Å²) in [6.07, 6.45) is 1.09. The van der Waals surface area contributed by atoms with Gasteiger partial charge in [-0.2, -0.15) is 8.42 Å². The van der Waals surface area contributed by atoms with Crippen LogP contribution in [0.5, 0.6) is 0 Å². The molecular weight excluding hydrogens is 459 g/mol. The zero-order chi connectivity index (χ0) is 24.7. The molecule has 0 atom stereocenters. The summed E-state index contributed by atoms with van der Waals surface area (Å²) in [4.78, 5) is 9.00. The highest BCUT2D eigenvalue weighted by Gasteiger charge is 2.44. The Balaban J connectivity index is 0.000000688. The molecule has 178 valence electrons. The fourth-order valence-corrected chi connectivity index (χ4v) is 8.43. The van der Waals surface area contributed by atoms with E-state index < -0.39 is 23.3 Å². The Kier molecular flexibility index (Phi) is 12.6. The van der Waals surface area contributed by atoms with Crippen LogP contribution in [0.15, 0.2) is 91.0 Å². The van der Waals surface area contributed by atoms with Gasteiger partial charge in [-0.05, 0) is 49.7 Å². The smallest absolute Gasteiger partial charge is 0.300 e. The van der Waals surface area contributed by atoms with Gasteiger partial charge in [0.2, 0.25) is 0 Å². The van der Waals surface area contributed by atoms with Crippen LogP contribution >= 0.6 is 7.26 Å². The first kappa shape index (κ1) is 28.5. The zero-order valence-electron chi connectivity index (χ0n) is 18.9. The topological polar surface area (TPSA) is 112 Å². The molecule has 0 saturated heterocycles. The van der Waals surface area contributed by atoms with Crippen molar-refractivity contribution in [3.05, 3.63) is 91.0 Å². The Bertz CT molecular complexity index is 941. The molecule has 8 heteroatoms. The van der Waals surface area contributed by atoms with Crippen molar-refractivity contribution in [1.82, 2.24) is 0 Å². The Morgan fingerprint density at radius 2 is 1.06 bits per heavy atom. The molecule has 3 aromatic rings. The van der Waals surface area contributed by atoms with Crippen LogP contribution in [0, 0.1) is 0 Å². The van der Waals surface area contributed by atoms with Gasteiger partial charge in [0.15, 0.2) is 0 Å². The van der Waals surface area contributed by atoms with Gasteiger partial charge in [0, 0.05) is 13.5 Å². The lowest BCUT2D eigenvalue weighted by atomic mass is 10.4. The molecule has 0 aromatic heterocycles. The van der Waals surface area contributed by atoms with E-state index in [1.165, 1.54) is 15.9 Å². The second-order valence-corrected chi connectivity index (χ2v) is 12.2. The minimum absolute atomic E-state index is 0.221. The van der Waals surface area contributed by atoms with Gasteiger partial charge in [0.1, 0.15) is 23.2 Å². The van der Waals surface area contributed by atoms with E-state index in [-0.39, 0.29) is 12.4 Å². The van der Waals surface area contributed by atoms with E-state index in [4.69, 9.17) is 15.0 Å². The average Bonchev–Trinajstić information content (AvgIpc) is 2.78. The molecule has 0 unspecified atom stereocenters. The number of carboxylic acids is 1. The maximum atomic E-state index is 11.3. The number of aliphatic carboxylic acids is 1. The first-order chi connectivity index (χ1) is 15.7. The van der Waals surface area contributed by atoms with Crippen LogP contribution < -0.4 is 15.9 Å². The number of hydrogen-bond acceptors (Lipinski definition) is 4. The van der Waals surface area contributed by atoms with E-state index in [0.717, 1.165) is 6.92 Å². The van der Waals surface area contributed by atoms with Crippen LogP contribution in [0.25, 0.3) is 0 Å². The van der Waals surface area contributed by atoms with Gasteiger partial charge < -0.3 is 10.2 Å². The molecule has 0 spiro atoms. The lowest BCUT2D eigenvalue weighted by Gasteiger charge is -2.27. The van der Waals surface area contributed by atoms with Gasteiger partial charge in [-0.15, -0.1) is 0 Å². The highest BCUT2D eigenvalue weighted by Crippen LogP contribution is 2.55. The van der Waals surface area contributed by atoms with Crippen molar-refractivity contribution in [2.45, 2.75) is 20.3 Å². The van der Waals surface area contributed by atoms with E-state index in [2.05, 4.69) is 36.4 Å². The highest BCUT2D eigenvalue weighted by atomic mass is 32.2. The Labute approximate surface area is 197 Å². The van der Waals surface area contributed by atoms with Crippen molar-refractivity contribution < 1.29 is 28.0 Å². The lowest BCUT2D eigenvalue weighted by molar-refractivity contribution is -0.134. The molecular formula is C25H32O6PS+. The summed E-state index contributed by atoms with van der Waals surface area (Å²) in [5, 5.41) is 18.6.